The van der Waals surface area contributed by atoms with Crippen molar-refractivity contribution < 1.29 is 9.72 Å². The topological polar surface area (TPSA) is 75.5 Å². The van der Waals surface area contributed by atoms with E-state index >= 15 is 0 Å². The molecule has 2 aromatic rings. The minimum atomic E-state index is -0.534. The number of carbonyl (C=O) groups excluding carboxylic acids is 1. The summed E-state index contributed by atoms with van der Waals surface area (Å²) in [5.74, 6) is -0.234. The van der Waals surface area contributed by atoms with E-state index in [1.807, 2.05) is 43.1 Å². The average Bonchev–Trinajstić information content (AvgIpc) is 2.51. The molecule has 1 amide bonds. The van der Waals surface area contributed by atoms with Crippen LogP contribution in [-0.2, 0) is 11.3 Å². The molecule has 0 heterocycles. The monoisotopic (exact) mass is 347 g/mol. The number of nitrogens with one attached hydrogen (secondary N) is 1. The van der Waals surface area contributed by atoms with Gasteiger partial charge in [-0.3, -0.25) is 19.8 Å². The van der Waals surface area contributed by atoms with E-state index in [1.54, 1.807) is 0 Å². The molecule has 0 spiro atoms. The molecule has 0 unspecified atom stereocenters. The molecule has 0 fully saturated rings. The fourth-order valence-corrected chi connectivity index (χ4v) is 2.51. The third-order valence-corrected chi connectivity index (χ3v) is 3.87. The number of non-ortho nitro benzene ring substituents is 1. The summed E-state index contributed by atoms with van der Waals surface area (Å²) in [4.78, 5) is 24.2. The molecular formula is C17H18ClN3O3. The lowest BCUT2D eigenvalue weighted by atomic mass is 10.1. The number of benzene rings is 2. The van der Waals surface area contributed by atoms with Gasteiger partial charge >= 0.3 is 0 Å². The Labute approximate surface area is 145 Å². The number of hydrogen-bond donors (Lipinski definition) is 1. The third kappa shape index (κ3) is 4.78. The van der Waals surface area contributed by atoms with Crippen molar-refractivity contribution in [1.82, 2.24) is 4.90 Å². The van der Waals surface area contributed by atoms with E-state index in [-0.39, 0.29) is 23.2 Å². The Hall–Kier alpha value is -2.44. The van der Waals surface area contributed by atoms with Crippen LogP contribution in [0.1, 0.15) is 11.1 Å². The molecule has 0 aliphatic heterocycles. The van der Waals surface area contributed by atoms with Crippen LogP contribution in [0.3, 0.4) is 0 Å². The first-order chi connectivity index (χ1) is 11.4. The molecule has 6 nitrogen and oxygen atoms in total. The normalized spacial score (nSPS) is 10.7. The molecular weight excluding hydrogens is 330 g/mol. The van der Waals surface area contributed by atoms with E-state index in [0.29, 0.717) is 12.2 Å². The molecule has 0 aliphatic carbocycles. The molecule has 1 N–H and O–H groups in total. The first-order valence-corrected chi connectivity index (χ1v) is 7.71. The highest BCUT2D eigenvalue weighted by molar-refractivity contribution is 6.34. The molecule has 2 rings (SSSR count). The Morgan fingerprint density at radius 1 is 1.29 bits per heavy atom. The van der Waals surface area contributed by atoms with Gasteiger partial charge in [-0.05, 0) is 31.2 Å². The molecule has 0 radical (unpaired) electrons. The van der Waals surface area contributed by atoms with Gasteiger partial charge in [0.05, 0.1) is 22.2 Å². The van der Waals surface area contributed by atoms with Crippen molar-refractivity contribution in [2.45, 2.75) is 13.5 Å². The number of nitro groups is 1. The van der Waals surface area contributed by atoms with Crippen molar-refractivity contribution in [2.75, 3.05) is 18.9 Å². The Bertz CT molecular complexity index is 764. The molecule has 24 heavy (non-hydrogen) atoms. The van der Waals surface area contributed by atoms with Crippen LogP contribution in [0.15, 0.2) is 42.5 Å². The number of nitro benzene ring substituents is 1. The van der Waals surface area contributed by atoms with Crippen LogP contribution in [0.4, 0.5) is 11.4 Å². The smallest absolute Gasteiger partial charge is 0.271 e. The van der Waals surface area contributed by atoms with Crippen molar-refractivity contribution >= 4 is 28.9 Å². The van der Waals surface area contributed by atoms with Crippen molar-refractivity contribution in [1.29, 1.82) is 0 Å². The second-order valence-corrected chi connectivity index (χ2v) is 5.98. The molecule has 0 aliphatic rings. The first kappa shape index (κ1) is 17.9. The van der Waals surface area contributed by atoms with Gasteiger partial charge in [0.2, 0.25) is 5.91 Å². The molecule has 0 atom stereocenters. The molecule has 0 aromatic heterocycles. The van der Waals surface area contributed by atoms with E-state index in [4.69, 9.17) is 11.6 Å². The van der Waals surface area contributed by atoms with Gasteiger partial charge in [0, 0.05) is 18.7 Å². The Balaban J connectivity index is 1.95. The van der Waals surface area contributed by atoms with E-state index in [1.165, 1.54) is 23.8 Å². The van der Waals surface area contributed by atoms with Crippen LogP contribution in [0.2, 0.25) is 5.02 Å². The van der Waals surface area contributed by atoms with E-state index in [9.17, 15) is 14.9 Å². The quantitative estimate of drug-likeness (QED) is 0.639. The van der Waals surface area contributed by atoms with Crippen LogP contribution < -0.4 is 5.32 Å². The van der Waals surface area contributed by atoms with Crippen molar-refractivity contribution in [3.8, 4) is 0 Å². The minimum absolute atomic E-state index is 0.116. The molecule has 0 saturated carbocycles. The number of amides is 1. The molecule has 7 heteroatoms. The third-order valence-electron chi connectivity index (χ3n) is 3.55. The zero-order chi connectivity index (χ0) is 17.7. The van der Waals surface area contributed by atoms with Crippen LogP contribution >= 0.6 is 11.6 Å². The predicted octanol–water partition coefficient (Wildman–Crippen LogP) is 3.63. The van der Waals surface area contributed by atoms with E-state index < -0.39 is 4.92 Å². The standard InChI is InChI=1S/C17H18ClN3O3/c1-12-5-3-4-6-13(12)10-20(2)11-17(22)19-16-8-7-14(21(23)24)9-15(16)18/h3-9H,10-11H2,1-2H3,(H,19,22). The maximum absolute atomic E-state index is 12.1. The summed E-state index contributed by atoms with van der Waals surface area (Å²) in [5.41, 5.74) is 2.57. The van der Waals surface area contributed by atoms with Gasteiger partial charge in [-0.15, -0.1) is 0 Å². The largest absolute Gasteiger partial charge is 0.324 e. The second kappa shape index (κ2) is 7.90. The van der Waals surface area contributed by atoms with Gasteiger partial charge in [0.1, 0.15) is 0 Å². The lowest BCUT2D eigenvalue weighted by Crippen LogP contribution is -2.30. The van der Waals surface area contributed by atoms with Gasteiger partial charge in [0.15, 0.2) is 0 Å². The highest BCUT2D eigenvalue weighted by Crippen LogP contribution is 2.26. The summed E-state index contributed by atoms with van der Waals surface area (Å²) >= 11 is 5.97. The van der Waals surface area contributed by atoms with Gasteiger partial charge in [-0.2, -0.15) is 0 Å². The number of anilines is 1. The zero-order valence-corrected chi connectivity index (χ0v) is 14.2. The molecule has 2 aromatic carbocycles. The van der Waals surface area contributed by atoms with E-state index in [2.05, 4.69) is 5.32 Å². The van der Waals surface area contributed by atoms with Gasteiger partial charge in [-0.1, -0.05) is 35.9 Å². The molecule has 126 valence electrons. The minimum Gasteiger partial charge on any atom is -0.324 e. The fraction of sp³-hybridized carbons (Fsp3) is 0.235. The number of hydrogen-bond acceptors (Lipinski definition) is 4. The van der Waals surface area contributed by atoms with Crippen molar-refractivity contribution in [3.63, 3.8) is 0 Å². The lowest BCUT2D eigenvalue weighted by molar-refractivity contribution is -0.384. The Morgan fingerprint density at radius 3 is 2.62 bits per heavy atom. The summed E-state index contributed by atoms with van der Waals surface area (Å²) < 4.78 is 0. The number of halogens is 1. The summed E-state index contributed by atoms with van der Waals surface area (Å²) in [7, 11) is 1.85. The van der Waals surface area contributed by atoms with Crippen molar-refractivity contribution in [3.05, 3.63) is 68.7 Å². The lowest BCUT2D eigenvalue weighted by Gasteiger charge is -2.18. The maximum atomic E-state index is 12.1. The second-order valence-electron chi connectivity index (χ2n) is 5.57. The molecule has 0 bridgehead atoms. The van der Waals surface area contributed by atoms with Crippen molar-refractivity contribution in [2.24, 2.45) is 0 Å². The summed E-state index contributed by atoms with van der Waals surface area (Å²) in [5, 5.41) is 13.5. The van der Waals surface area contributed by atoms with Crippen LogP contribution in [0, 0.1) is 17.0 Å². The van der Waals surface area contributed by atoms with Crippen LogP contribution in [0.5, 0.6) is 0 Å². The number of aryl methyl sites for hydroxylation is 1. The SMILES string of the molecule is Cc1ccccc1CN(C)CC(=O)Nc1ccc([N+](=O)[O-])cc1Cl. The Morgan fingerprint density at radius 2 is 2.00 bits per heavy atom. The fourth-order valence-electron chi connectivity index (χ4n) is 2.29. The number of rotatable bonds is 6. The first-order valence-electron chi connectivity index (χ1n) is 7.33. The number of carbonyl (C=O) groups is 1. The molecule has 0 saturated heterocycles. The van der Waals surface area contributed by atoms with Gasteiger partial charge < -0.3 is 5.32 Å². The Kier molecular flexibility index (Phi) is 5.89. The maximum Gasteiger partial charge on any atom is 0.271 e. The van der Waals surface area contributed by atoms with Gasteiger partial charge in [0.25, 0.3) is 5.69 Å². The highest BCUT2D eigenvalue weighted by atomic mass is 35.5. The number of likely N-dealkylation sites (N-methyl/N-ethyl adjacent to an activating group) is 1. The zero-order valence-electron chi connectivity index (χ0n) is 13.5. The number of nitrogens with zero attached hydrogens (tertiary/aromatic N) is 2. The predicted molar refractivity (Wildman–Crippen MR) is 94.2 cm³/mol. The summed E-state index contributed by atoms with van der Waals surface area (Å²) in [6, 6.07) is 11.9. The highest BCUT2D eigenvalue weighted by Gasteiger charge is 2.13. The van der Waals surface area contributed by atoms with Crippen LogP contribution in [0.25, 0.3) is 0 Å². The van der Waals surface area contributed by atoms with E-state index in [0.717, 1.165) is 5.56 Å². The summed E-state index contributed by atoms with van der Waals surface area (Å²) in [6.45, 7) is 2.86. The summed E-state index contributed by atoms with van der Waals surface area (Å²) in [6.07, 6.45) is 0. The average molecular weight is 348 g/mol. The van der Waals surface area contributed by atoms with Gasteiger partial charge in [-0.25, -0.2) is 0 Å². The van der Waals surface area contributed by atoms with Crippen LogP contribution in [-0.4, -0.2) is 29.3 Å².